The minimum atomic E-state index is -3.49. The maximum atomic E-state index is 13.3. The lowest BCUT2D eigenvalue weighted by atomic mass is 10.1. The number of nitrogens with one attached hydrogen (secondary N) is 1. The molecule has 152 valence electrons. The Morgan fingerprint density at radius 3 is 2.56 bits per heavy atom. The summed E-state index contributed by atoms with van der Waals surface area (Å²) in [5, 5.41) is 13.2. The van der Waals surface area contributed by atoms with Crippen LogP contribution in [0.4, 0.5) is 0 Å². The zero-order valence-corrected chi connectivity index (χ0v) is 17.1. The van der Waals surface area contributed by atoms with Crippen molar-refractivity contribution < 1.29 is 13.5 Å². The SMILES string of the molecule is Cc1ccc(S(=O)(=O)N(CCCN2CCCC(O)C2)C2CCNCC2)cc1. The quantitative estimate of drug-likeness (QED) is 0.733. The van der Waals surface area contributed by atoms with Crippen molar-refractivity contribution in [3.63, 3.8) is 0 Å². The molecule has 3 rings (SSSR count). The van der Waals surface area contributed by atoms with E-state index in [1.807, 2.05) is 19.1 Å². The van der Waals surface area contributed by atoms with Crippen molar-refractivity contribution in [3.8, 4) is 0 Å². The van der Waals surface area contributed by atoms with Crippen molar-refractivity contribution >= 4 is 10.0 Å². The maximum Gasteiger partial charge on any atom is 0.243 e. The fraction of sp³-hybridized carbons (Fsp3) is 0.700. The molecule has 2 saturated heterocycles. The number of aliphatic hydroxyl groups is 1. The Labute approximate surface area is 163 Å². The van der Waals surface area contributed by atoms with E-state index in [1.165, 1.54) is 0 Å². The summed E-state index contributed by atoms with van der Waals surface area (Å²) in [7, 11) is -3.49. The van der Waals surface area contributed by atoms with Gasteiger partial charge < -0.3 is 15.3 Å². The van der Waals surface area contributed by atoms with Crippen LogP contribution in [0.25, 0.3) is 0 Å². The summed E-state index contributed by atoms with van der Waals surface area (Å²) < 4.78 is 28.4. The van der Waals surface area contributed by atoms with Gasteiger partial charge in [0.2, 0.25) is 10.0 Å². The highest BCUT2D eigenvalue weighted by Crippen LogP contribution is 2.23. The minimum absolute atomic E-state index is 0.0597. The number of benzene rings is 1. The summed E-state index contributed by atoms with van der Waals surface area (Å²) in [5.41, 5.74) is 1.06. The molecule has 2 N–H and O–H groups in total. The number of hydrogen-bond acceptors (Lipinski definition) is 5. The molecule has 0 saturated carbocycles. The highest BCUT2D eigenvalue weighted by atomic mass is 32.2. The number of aryl methyl sites for hydroxylation is 1. The number of piperidine rings is 2. The molecule has 6 nitrogen and oxygen atoms in total. The zero-order chi connectivity index (χ0) is 19.3. The van der Waals surface area contributed by atoms with Crippen LogP contribution in [0.1, 0.15) is 37.7 Å². The van der Waals surface area contributed by atoms with Gasteiger partial charge in [-0.05, 0) is 77.3 Å². The molecule has 0 aliphatic carbocycles. The van der Waals surface area contributed by atoms with E-state index in [4.69, 9.17) is 0 Å². The molecular weight excluding hydrogens is 362 g/mol. The number of sulfonamides is 1. The van der Waals surface area contributed by atoms with Crippen LogP contribution in [0.15, 0.2) is 29.2 Å². The van der Waals surface area contributed by atoms with Gasteiger partial charge in [0, 0.05) is 19.1 Å². The summed E-state index contributed by atoms with van der Waals surface area (Å²) in [5.74, 6) is 0. The third-order valence-electron chi connectivity index (χ3n) is 5.68. The molecule has 1 unspecified atom stereocenters. The highest BCUT2D eigenvalue weighted by molar-refractivity contribution is 7.89. The Kier molecular flexibility index (Phi) is 7.28. The van der Waals surface area contributed by atoms with Crippen LogP contribution < -0.4 is 5.32 Å². The van der Waals surface area contributed by atoms with Gasteiger partial charge in [-0.1, -0.05) is 17.7 Å². The lowest BCUT2D eigenvalue weighted by Crippen LogP contribution is -2.47. The standard InChI is InChI=1S/C20H33N3O3S/c1-17-5-7-20(8-6-17)27(25,26)23(18-9-11-21-12-10-18)15-3-14-22-13-2-4-19(24)16-22/h5-8,18-19,21,24H,2-4,9-16H2,1H3. The fourth-order valence-corrected chi connectivity index (χ4v) is 5.85. The molecule has 1 atom stereocenters. The maximum absolute atomic E-state index is 13.3. The van der Waals surface area contributed by atoms with E-state index >= 15 is 0 Å². The van der Waals surface area contributed by atoms with E-state index in [0.29, 0.717) is 18.0 Å². The number of aliphatic hydroxyl groups excluding tert-OH is 1. The molecule has 0 aromatic heterocycles. The molecule has 0 bridgehead atoms. The van der Waals surface area contributed by atoms with Crippen molar-refractivity contribution in [2.45, 2.75) is 56.1 Å². The summed E-state index contributed by atoms with van der Waals surface area (Å²) >= 11 is 0. The second kappa shape index (κ2) is 9.47. The highest BCUT2D eigenvalue weighted by Gasteiger charge is 2.32. The Morgan fingerprint density at radius 1 is 1.19 bits per heavy atom. The Bertz CT molecular complexity index is 687. The van der Waals surface area contributed by atoms with Crippen LogP contribution in [0.5, 0.6) is 0 Å². The molecule has 27 heavy (non-hydrogen) atoms. The van der Waals surface area contributed by atoms with Crippen LogP contribution in [-0.4, -0.2) is 74.1 Å². The van der Waals surface area contributed by atoms with Gasteiger partial charge in [0.25, 0.3) is 0 Å². The number of hydrogen-bond donors (Lipinski definition) is 2. The molecule has 0 radical (unpaired) electrons. The van der Waals surface area contributed by atoms with Crippen LogP contribution >= 0.6 is 0 Å². The van der Waals surface area contributed by atoms with Crippen molar-refractivity contribution in [1.29, 1.82) is 0 Å². The van der Waals surface area contributed by atoms with Gasteiger partial charge in [0.15, 0.2) is 0 Å². The molecular formula is C20H33N3O3S. The van der Waals surface area contributed by atoms with Gasteiger partial charge in [0.1, 0.15) is 0 Å². The van der Waals surface area contributed by atoms with Crippen molar-refractivity contribution in [1.82, 2.24) is 14.5 Å². The first-order chi connectivity index (χ1) is 13.0. The molecule has 2 aliphatic rings. The van der Waals surface area contributed by atoms with Gasteiger partial charge in [0.05, 0.1) is 11.0 Å². The smallest absolute Gasteiger partial charge is 0.243 e. The minimum Gasteiger partial charge on any atom is -0.392 e. The molecule has 0 spiro atoms. The first-order valence-corrected chi connectivity index (χ1v) is 11.6. The third kappa shape index (κ3) is 5.51. The lowest BCUT2D eigenvalue weighted by molar-refractivity contribution is 0.0688. The summed E-state index contributed by atoms with van der Waals surface area (Å²) in [6.07, 6.45) is 4.15. The zero-order valence-electron chi connectivity index (χ0n) is 16.3. The molecule has 2 fully saturated rings. The van der Waals surface area contributed by atoms with E-state index in [0.717, 1.165) is 63.8 Å². The van der Waals surface area contributed by atoms with E-state index < -0.39 is 10.0 Å². The molecule has 2 heterocycles. The average molecular weight is 396 g/mol. The second-order valence-corrected chi connectivity index (χ2v) is 9.75. The number of rotatable bonds is 7. The molecule has 0 amide bonds. The second-order valence-electron chi connectivity index (χ2n) is 7.86. The third-order valence-corrected chi connectivity index (χ3v) is 7.64. The first-order valence-electron chi connectivity index (χ1n) is 10.2. The van der Waals surface area contributed by atoms with Crippen molar-refractivity contribution in [3.05, 3.63) is 29.8 Å². The van der Waals surface area contributed by atoms with Gasteiger partial charge in [-0.15, -0.1) is 0 Å². The molecule has 2 aliphatic heterocycles. The average Bonchev–Trinajstić information content (AvgIpc) is 2.66. The lowest BCUT2D eigenvalue weighted by Gasteiger charge is -2.35. The van der Waals surface area contributed by atoms with Gasteiger partial charge in [-0.2, -0.15) is 4.31 Å². The molecule has 1 aromatic carbocycles. The summed E-state index contributed by atoms with van der Waals surface area (Å²) in [4.78, 5) is 2.65. The normalized spacial score (nSPS) is 23.0. The summed E-state index contributed by atoms with van der Waals surface area (Å²) in [6, 6.07) is 7.23. The number of nitrogens with zero attached hydrogens (tertiary/aromatic N) is 2. The molecule has 1 aromatic rings. The predicted molar refractivity (Wildman–Crippen MR) is 107 cm³/mol. The van der Waals surface area contributed by atoms with Crippen LogP contribution in [0, 0.1) is 6.92 Å². The van der Waals surface area contributed by atoms with Crippen molar-refractivity contribution in [2.24, 2.45) is 0 Å². The Hall–Kier alpha value is -0.990. The Morgan fingerprint density at radius 2 is 1.89 bits per heavy atom. The van der Waals surface area contributed by atoms with Gasteiger partial charge >= 0.3 is 0 Å². The van der Waals surface area contributed by atoms with E-state index in [2.05, 4.69) is 10.2 Å². The molecule has 7 heteroatoms. The van der Waals surface area contributed by atoms with E-state index in [1.54, 1.807) is 16.4 Å². The van der Waals surface area contributed by atoms with Crippen LogP contribution in [0.3, 0.4) is 0 Å². The summed E-state index contributed by atoms with van der Waals surface area (Å²) in [6.45, 7) is 6.77. The number of β-amino-alcohol motifs (C(OH)–C–C–N with tert-alkyl or cyclic N) is 1. The number of likely N-dealkylation sites (tertiary alicyclic amines) is 1. The van der Waals surface area contributed by atoms with Crippen molar-refractivity contribution in [2.75, 3.05) is 39.3 Å². The fourth-order valence-electron chi connectivity index (χ4n) is 4.12. The van der Waals surface area contributed by atoms with Crippen LogP contribution in [-0.2, 0) is 10.0 Å². The predicted octanol–water partition coefficient (Wildman–Crippen LogP) is 1.58. The first kappa shape index (κ1) is 20.7. The van der Waals surface area contributed by atoms with E-state index in [-0.39, 0.29) is 12.1 Å². The van der Waals surface area contributed by atoms with Gasteiger partial charge in [-0.3, -0.25) is 0 Å². The van der Waals surface area contributed by atoms with Crippen LogP contribution in [0.2, 0.25) is 0 Å². The monoisotopic (exact) mass is 395 g/mol. The topological polar surface area (TPSA) is 72.9 Å². The van der Waals surface area contributed by atoms with E-state index in [9.17, 15) is 13.5 Å². The largest absolute Gasteiger partial charge is 0.392 e. The van der Waals surface area contributed by atoms with Gasteiger partial charge in [-0.25, -0.2) is 8.42 Å². The Balaban J connectivity index is 1.69.